The monoisotopic (exact) mass is 235 g/mol. The van der Waals surface area contributed by atoms with Crippen molar-refractivity contribution in [2.24, 2.45) is 5.92 Å². The van der Waals surface area contributed by atoms with Crippen molar-refractivity contribution >= 4 is 11.9 Å². The van der Waals surface area contributed by atoms with E-state index >= 15 is 0 Å². The van der Waals surface area contributed by atoms with Gasteiger partial charge in [-0.25, -0.2) is 14.8 Å². The summed E-state index contributed by atoms with van der Waals surface area (Å²) < 4.78 is 0. The fraction of sp³-hybridized carbons (Fsp3) is 0.455. The molecule has 0 aromatic carbocycles. The van der Waals surface area contributed by atoms with Crippen LogP contribution in [0, 0.1) is 5.92 Å². The van der Waals surface area contributed by atoms with Crippen LogP contribution in [0.2, 0.25) is 0 Å². The van der Waals surface area contributed by atoms with Crippen LogP contribution in [0.5, 0.6) is 0 Å². The van der Waals surface area contributed by atoms with Crippen LogP contribution in [0.3, 0.4) is 0 Å². The Kier molecular flexibility index (Phi) is 3.03. The van der Waals surface area contributed by atoms with Crippen LogP contribution in [0.15, 0.2) is 18.7 Å². The number of nitrogens with zero attached hydrogens (tertiary/aromatic N) is 3. The number of carbonyl (C=O) groups excluding carboxylic acids is 1. The number of carboxylic acid groups (broad SMARTS) is 1. The predicted octanol–water partition coefficient (Wildman–Crippen LogP) is 0.412. The Labute approximate surface area is 98.3 Å². The number of amides is 1. The summed E-state index contributed by atoms with van der Waals surface area (Å²) in [5.74, 6) is -1.30. The molecule has 2 unspecified atom stereocenters. The molecule has 1 aliphatic heterocycles. The molecule has 0 saturated carbocycles. The smallest absolute Gasteiger partial charge is 0.326 e. The molecule has 1 N–H and O–H groups in total. The summed E-state index contributed by atoms with van der Waals surface area (Å²) in [5.41, 5.74) is 0.327. The third-order valence-electron chi connectivity index (χ3n) is 3.02. The Morgan fingerprint density at radius 2 is 2.06 bits per heavy atom. The summed E-state index contributed by atoms with van der Waals surface area (Å²) in [6.07, 6.45) is 4.84. The molecule has 1 aromatic heterocycles. The number of hydrogen-bond acceptors (Lipinski definition) is 4. The molecule has 6 nitrogen and oxygen atoms in total. The summed E-state index contributed by atoms with van der Waals surface area (Å²) in [4.78, 5) is 32.1. The zero-order valence-electron chi connectivity index (χ0n) is 9.41. The maximum atomic E-state index is 12.1. The molecule has 0 aliphatic carbocycles. The molecule has 1 fully saturated rings. The molecule has 17 heavy (non-hydrogen) atoms. The van der Waals surface area contributed by atoms with Gasteiger partial charge in [0, 0.05) is 18.9 Å². The van der Waals surface area contributed by atoms with E-state index in [1.54, 1.807) is 0 Å². The minimum atomic E-state index is -0.958. The Balaban J connectivity index is 2.23. The van der Waals surface area contributed by atoms with Gasteiger partial charge < -0.3 is 10.0 Å². The van der Waals surface area contributed by atoms with Crippen LogP contribution in [0.1, 0.15) is 23.7 Å². The third-order valence-corrected chi connectivity index (χ3v) is 3.02. The summed E-state index contributed by atoms with van der Waals surface area (Å²) in [6.45, 7) is 2.30. The van der Waals surface area contributed by atoms with Gasteiger partial charge in [-0.15, -0.1) is 0 Å². The first-order chi connectivity index (χ1) is 8.11. The van der Waals surface area contributed by atoms with Gasteiger partial charge in [0.15, 0.2) is 0 Å². The van der Waals surface area contributed by atoms with Crippen LogP contribution >= 0.6 is 0 Å². The fourth-order valence-electron chi connectivity index (χ4n) is 2.13. The van der Waals surface area contributed by atoms with Crippen molar-refractivity contribution in [3.8, 4) is 0 Å². The van der Waals surface area contributed by atoms with Crippen molar-refractivity contribution in [2.45, 2.75) is 19.4 Å². The molecule has 1 aromatic rings. The number of aromatic nitrogens is 2. The fourth-order valence-corrected chi connectivity index (χ4v) is 2.13. The highest BCUT2D eigenvalue weighted by molar-refractivity contribution is 5.96. The molecule has 1 saturated heterocycles. The maximum Gasteiger partial charge on any atom is 0.326 e. The number of aliphatic carboxylic acids is 1. The second kappa shape index (κ2) is 4.48. The zero-order chi connectivity index (χ0) is 12.4. The standard InChI is InChI=1S/C11H13N3O3/c1-7-2-3-14(9(7)11(16)17)10(15)8-4-12-6-13-5-8/h4-7,9H,2-3H2,1H3,(H,16,17). The predicted molar refractivity (Wildman–Crippen MR) is 58.3 cm³/mol. The minimum Gasteiger partial charge on any atom is -0.480 e. The lowest BCUT2D eigenvalue weighted by atomic mass is 10.0. The molecule has 1 aliphatic rings. The first-order valence-corrected chi connectivity index (χ1v) is 5.40. The van der Waals surface area contributed by atoms with Crippen molar-refractivity contribution in [3.63, 3.8) is 0 Å². The van der Waals surface area contributed by atoms with E-state index in [0.29, 0.717) is 18.5 Å². The quantitative estimate of drug-likeness (QED) is 0.802. The number of rotatable bonds is 2. The van der Waals surface area contributed by atoms with E-state index in [1.165, 1.54) is 23.6 Å². The number of likely N-dealkylation sites (tertiary alicyclic amines) is 1. The maximum absolute atomic E-state index is 12.1. The molecule has 0 spiro atoms. The SMILES string of the molecule is CC1CCN(C(=O)c2cncnc2)C1C(=O)O. The topological polar surface area (TPSA) is 83.4 Å². The van der Waals surface area contributed by atoms with E-state index in [0.717, 1.165) is 0 Å². The van der Waals surface area contributed by atoms with Gasteiger partial charge in [-0.05, 0) is 12.3 Å². The molecule has 90 valence electrons. The van der Waals surface area contributed by atoms with E-state index in [9.17, 15) is 9.59 Å². The van der Waals surface area contributed by atoms with E-state index in [4.69, 9.17) is 5.11 Å². The molecule has 2 rings (SSSR count). The van der Waals surface area contributed by atoms with Crippen LogP contribution in [-0.4, -0.2) is 44.4 Å². The lowest BCUT2D eigenvalue weighted by Crippen LogP contribution is -2.42. The van der Waals surface area contributed by atoms with Gasteiger partial charge in [0.1, 0.15) is 12.4 Å². The first kappa shape index (κ1) is 11.5. The van der Waals surface area contributed by atoms with Crippen molar-refractivity contribution in [1.82, 2.24) is 14.9 Å². The van der Waals surface area contributed by atoms with E-state index in [-0.39, 0.29) is 11.8 Å². The van der Waals surface area contributed by atoms with Crippen LogP contribution in [0.25, 0.3) is 0 Å². The average molecular weight is 235 g/mol. The summed E-state index contributed by atoms with van der Waals surface area (Å²) >= 11 is 0. The molecular weight excluding hydrogens is 222 g/mol. The number of hydrogen-bond donors (Lipinski definition) is 1. The lowest BCUT2D eigenvalue weighted by molar-refractivity contribution is -0.142. The van der Waals surface area contributed by atoms with E-state index in [2.05, 4.69) is 9.97 Å². The largest absolute Gasteiger partial charge is 0.480 e. The Morgan fingerprint density at radius 1 is 1.41 bits per heavy atom. The molecule has 2 heterocycles. The summed E-state index contributed by atoms with van der Waals surface area (Å²) in [5, 5.41) is 9.12. The van der Waals surface area contributed by atoms with Crippen molar-refractivity contribution in [2.75, 3.05) is 6.54 Å². The van der Waals surface area contributed by atoms with Gasteiger partial charge in [0.25, 0.3) is 5.91 Å². The molecule has 0 bridgehead atoms. The highest BCUT2D eigenvalue weighted by atomic mass is 16.4. The van der Waals surface area contributed by atoms with Gasteiger partial charge in [0.05, 0.1) is 5.56 Å². The van der Waals surface area contributed by atoms with Gasteiger partial charge in [-0.2, -0.15) is 0 Å². The molecule has 6 heteroatoms. The Hall–Kier alpha value is -1.98. The molecule has 0 radical (unpaired) electrons. The molecule has 2 atom stereocenters. The lowest BCUT2D eigenvalue weighted by Gasteiger charge is -2.23. The normalized spacial score (nSPS) is 23.7. The average Bonchev–Trinajstić information content (AvgIpc) is 2.71. The number of carbonyl (C=O) groups is 2. The highest BCUT2D eigenvalue weighted by Crippen LogP contribution is 2.25. The summed E-state index contributed by atoms with van der Waals surface area (Å²) in [7, 11) is 0. The van der Waals surface area contributed by atoms with Crippen molar-refractivity contribution < 1.29 is 14.7 Å². The number of carboxylic acids is 1. The summed E-state index contributed by atoms with van der Waals surface area (Å²) in [6, 6.07) is -0.747. The van der Waals surface area contributed by atoms with Gasteiger partial charge in [-0.3, -0.25) is 4.79 Å². The third kappa shape index (κ3) is 2.11. The molecule has 1 amide bonds. The van der Waals surface area contributed by atoms with Crippen LogP contribution in [-0.2, 0) is 4.79 Å². The highest BCUT2D eigenvalue weighted by Gasteiger charge is 2.39. The van der Waals surface area contributed by atoms with Gasteiger partial charge in [-0.1, -0.05) is 6.92 Å². The van der Waals surface area contributed by atoms with E-state index in [1.807, 2.05) is 6.92 Å². The van der Waals surface area contributed by atoms with Crippen molar-refractivity contribution in [3.05, 3.63) is 24.3 Å². The van der Waals surface area contributed by atoms with Crippen molar-refractivity contribution in [1.29, 1.82) is 0 Å². The van der Waals surface area contributed by atoms with E-state index < -0.39 is 12.0 Å². The van der Waals surface area contributed by atoms with Gasteiger partial charge >= 0.3 is 5.97 Å². The van der Waals surface area contributed by atoms with Crippen LogP contribution in [0.4, 0.5) is 0 Å². The second-order valence-electron chi connectivity index (χ2n) is 4.17. The Morgan fingerprint density at radius 3 is 2.65 bits per heavy atom. The minimum absolute atomic E-state index is 0.0268. The first-order valence-electron chi connectivity index (χ1n) is 5.40. The van der Waals surface area contributed by atoms with Crippen LogP contribution < -0.4 is 0 Å². The zero-order valence-corrected chi connectivity index (χ0v) is 9.41. The second-order valence-corrected chi connectivity index (χ2v) is 4.17. The van der Waals surface area contributed by atoms with Gasteiger partial charge in [0.2, 0.25) is 0 Å². The molecular formula is C11H13N3O3. The Bertz CT molecular complexity index is 435.